The van der Waals surface area contributed by atoms with Crippen molar-refractivity contribution in [3.8, 4) is 28.7 Å². The molecule has 0 atom stereocenters. The molecule has 28 heavy (non-hydrogen) atoms. The maximum absolute atomic E-state index is 14.8. The van der Waals surface area contributed by atoms with Crippen molar-refractivity contribution < 1.29 is 18.3 Å². The Hall–Kier alpha value is -3.59. The van der Waals surface area contributed by atoms with E-state index < -0.39 is 11.6 Å². The van der Waals surface area contributed by atoms with Crippen LogP contribution in [0.1, 0.15) is 5.56 Å². The summed E-state index contributed by atoms with van der Waals surface area (Å²) in [5, 5.41) is 9.80. The van der Waals surface area contributed by atoms with Crippen LogP contribution in [-0.2, 0) is 0 Å². The highest BCUT2D eigenvalue weighted by atomic mass is 19.1. The Kier molecular flexibility index (Phi) is 5.46. The van der Waals surface area contributed by atoms with E-state index in [1.54, 1.807) is 48.3 Å². The largest absolute Gasteiger partial charge is 0.494 e. The summed E-state index contributed by atoms with van der Waals surface area (Å²) in [6, 6.07) is 16.5. The number of nitriles is 1. The summed E-state index contributed by atoms with van der Waals surface area (Å²) >= 11 is 0. The SMILES string of the molecule is COc1cc(N(C)c2cccc(-c3cccc(OC)c3F)c2C#N)ccc1F. The maximum atomic E-state index is 14.8. The average Bonchev–Trinajstić information content (AvgIpc) is 2.73. The zero-order valence-electron chi connectivity index (χ0n) is 15.7. The van der Waals surface area contributed by atoms with Gasteiger partial charge in [0.15, 0.2) is 23.1 Å². The fourth-order valence-corrected chi connectivity index (χ4v) is 3.03. The molecular formula is C22H18F2N2O2. The molecule has 0 amide bonds. The normalized spacial score (nSPS) is 10.3. The molecule has 0 unspecified atom stereocenters. The molecule has 3 aromatic carbocycles. The molecule has 0 heterocycles. The van der Waals surface area contributed by atoms with Crippen LogP contribution in [0.4, 0.5) is 20.2 Å². The van der Waals surface area contributed by atoms with Crippen LogP contribution in [0, 0.1) is 23.0 Å². The van der Waals surface area contributed by atoms with Gasteiger partial charge < -0.3 is 14.4 Å². The quantitative estimate of drug-likeness (QED) is 0.603. The maximum Gasteiger partial charge on any atom is 0.172 e. The molecular weight excluding hydrogens is 362 g/mol. The van der Waals surface area contributed by atoms with E-state index in [2.05, 4.69) is 6.07 Å². The summed E-state index contributed by atoms with van der Waals surface area (Å²) < 4.78 is 38.6. The van der Waals surface area contributed by atoms with Crippen LogP contribution in [0.25, 0.3) is 11.1 Å². The minimum absolute atomic E-state index is 0.0952. The number of rotatable bonds is 5. The van der Waals surface area contributed by atoms with Gasteiger partial charge in [-0.1, -0.05) is 24.3 Å². The van der Waals surface area contributed by atoms with E-state index in [0.29, 0.717) is 22.5 Å². The lowest BCUT2D eigenvalue weighted by molar-refractivity contribution is 0.386. The Morgan fingerprint density at radius 2 is 1.57 bits per heavy atom. The fourth-order valence-electron chi connectivity index (χ4n) is 3.03. The minimum Gasteiger partial charge on any atom is -0.494 e. The van der Waals surface area contributed by atoms with E-state index in [1.807, 2.05) is 0 Å². The topological polar surface area (TPSA) is 45.5 Å². The number of nitrogens with zero attached hydrogens (tertiary/aromatic N) is 2. The van der Waals surface area contributed by atoms with Crippen molar-refractivity contribution in [1.82, 2.24) is 0 Å². The van der Waals surface area contributed by atoms with E-state index >= 15 is 0 Å². The highest BCUT2D eigenvalue weighted by Crippen LogP contribution is 2.37. The Labute approximate surface area is 162 Å². The minimum atomic E-state index is -0.537. The zero-order chi connectivity index (χ0) is 20.3. The Balaban J connectivity index is 2.15. The molecule has 3 aromatic rings. The average molecular weight is 380 g/mol. The molecule has 0 aliphatic rings. The molecule has 0 saturated heterocycles. The highest BCUT2D eigenvalue weighted by Gasteiger charge is 2.19. The number of hydrogen-bond acceptors (Lipinski definition) is 4. The van der Waals surface area contributed by atoms with Crippen LogP contribution in [0.3, 0.4) is 0 Å². The van der Waals surface area contributed by atoms with Crippen LogP contribution in [0.15, 0.2) is 54.6 Å². The van der Waals surface area contributed by atoms with Gasteiger partial charge in [-0.2, -0.15) is 5.26 Å². The van der Waals surface area contributed by atoms with Gasteiger partial charge in [0.2, 0.25) is 0 Å². The van der Waals surface area contributed by atoms with E-state index in [9.17, 15) is 14.0 Å². The molecule has 0 bridgehead atoms. The Morgan fingerprint density at radius 3 is 2.25 bits per heavy atom. The monoisotopic (exact) mass is 380 g/mol. The van der Waals surface area contributed by atoms with Crippen LogP contribution in [0.5, 0.6) is 11.5 Å². The molecule has 0 aromatic heterocycles. The van der Waals surface area contributed by atoms with Gasteiger partial charge >= 0.3 is 0 Å². The van der Waals surface area contributed by atoms with Crippen molar-refractivity contribution in [2.45, 2.75) is 0 Å². The lowest BCUT2D eigenvalue weighted by atomic mass is 9.97. The van der Waals surface area contributed by atoms with Gasteiger partial charge in [0.25, 0.3) is 0 Å². The van der Waals surface area contributed by atoms with Crippen molar-refractivity contribution >= 4 is 11.4 Å². The lowest BCUT2D eigenvalue weighted by Crippen LogP contribution is -2.12. The molecule has 0 radical (unpaired) electrons. The Morgan fingerprint density at radius 1 is 0.893 bits per heavy atom. The predicted molar refractivity (Wildman–Crippen MR) is 104 cm³/mol. The van der Waals surface area contributed by atoms with Crippen molar-refractivity contribution in [3.63, 3.8) is 0 Å². The summed E-state index contributed by atoms with van der Waals surface area (Å²) in [5.41, 5.74) is 2.18. The number of methoxy groups -OCH3 is 2. The lowest BCUT2D eigenvalue weighted by Gasteiger charge is -2.23. The highest BCUT2D eigenvalue weighted by molar-refractivity contribution is 5.82. The molecule has 0 aliphatic heterocycles. The molecule has 0 saturated carbocycles. The van der Waals surface area contributed by atoms with Crippen molar-refractivity contribution in [2.75, 3.05) is 26.2 Å². The predicted octanol–water partition coefficient (Wildman–Crippen LogP) is 5.29. The van der Waals surface area contributed by atoms with Crippen LogP contribution in [0.2, 0.25) is 0 Å². The smallest absolute Gasteiger partial charge is 0.172 e. The van der Waals surface area contributed by atoms with E-state index in [4.69, 9.17) is 9.47 Å². The first kappa shape index (κ1) is 19.2. The second-order valence-electron chi connectivity index (χ2n) is 6.01. The molecule has 6 heteroatoms. The van der Waals surface area contributed by atoms with Crippen LogP contribution < -0.4 is 14.4 Å². The van der Waals surface area contributed by atoms with Gasteiger partial charge in [0, 0.05) is 29.9 Å². The first-order chi connectivity index (χ1) is 13.5. The van der Waals surface area contributed by atoms with Crippen LogP contribution in [-0.4, -0.2) is 21.3 Å². The first-order valence-corrected chi connectivity index (χ1v) is 8.45. The third kappa shape index (κ3) is 3.35. The van der Waals surface area contributed by atoms with Crippen molar-refractivity contribution in [1.29, 1.82) is 5.26 Å². The third-order valence-electron chi connectivity index (χ3n) is 4.51. The second kappa shape index (κ2) is 7.97. The van der Waals surface area contributed by atoms with Gasteiger partial charge in [0.05, 0.1) is 25.5 Å². The Bertz CT molecular complexity index is 1060. The third-order valence-corrected chi connectivity index (χ3v) is 4.51. The van der Waals surface area contributed by atoms with Gasteiger partial charge in [-0.25, -0.2) is 8.78 Å². The molecule has 142 valence electrons. The number of hydrogen-bond donors (Lipinski definition) is 0. The zero-order valence-corrected chi connectivity index (χ0v) is 15.7. The van der Waals surface area contributed by atoms with Gasteiger partial charge in [-0.15, -0.1) is 0 Å². The molecule has 3 rings (SSSR count). The fraction of sp³-hybridized carbons (Fsp3) is 0.136. The van der Waals surface area contributed by atoms with Crippen LogP contribution >= 0.6 is 0 Å². The van der Waals surface area contributed by atoms with E-state index in [0.717, 1.165) is 0 Å². The van der Waals surface area contributed by atoms with Crippen molar-refractivity contribution in [3.05, 3.63) is 71.8 Å². The summed E-state index contributed by atoms with van der Waals surface area (Å²) in [6.45, 7) is 0. The van der Waals surface area contributed by atoms with Gasteiger partial charge in [-0.3, -0.25) is 0 Å². The summed E-state index contributed by atoms with van der Waals surface area (Å²) in [5.74, 6) is -0.821. The molecule has 0 aliphatic carbocycles. The number of ether oxygens (including phenoxy) is 2. The molecule has 0 spiro atoms. The number of benzene rings is 3. The number of halogens is 2. The standard InChI is InChI=1S/C22H18F2N2O2/c1-26(14-10-11-18(23)21(12-14)28-3)19-8-4-6-15(17(19)13-25)16-7-5-9-20(27-2)22(16)24/h4-12H,1-3H3. The molecule has 0 fully saturated rings. The van der Waals surface area contributed by atoms with Gasteiger partial charge in [-0.05, 0) is 24.3 Å². The van der Waals surface area contributed by atoms with Crippen molar-refractivity contribution in [2.24, 2.45) is 0 Å². The summed E-state index contributed by atoms with van der Waals surface area (Å²) in [7, 11) is 4.52. The summed E-state index contributed by atoms with van der Waals surface area (Å²) in [4.78, 5) is 1.72. The second-order valence-corrected chi connectivity index (χ2v) is 6.01. The molecule has 0 N–H and O–H groups in total. The van der Waals surface area contributed by atoms with Gasteiger partial charge in [0.1, 0.15) is 6.07 Å². The number of anilines is 2. The first-order valence-electron chi connectivity index (χ1n) is 8.45. The van der Waals surface area contributed by atoms with E-state index in [1.165, 1.54) is 32.4 Å². The van der Waals surface area contributed by atoms with E-state index in [-0.39, 0.29) is 17.1 Å². The molecule has 4 nitrogen and oxygen atoms in total. The summed E-state index contributed by atoms with van der Waals surface area (Å²) in [6.07, 6.45) is 0.